The summed E-state index contributed by atoms with van der Waals surface area (Å²) >= 11 is 5.43. The second-order valence-electron chi connectivity index (χ2n) is 5.30. The van der Waals surface area contributed by atoms with Crippen LogP contribution >= 0.6 is 12.2 Å². The quantitative estimate of drug-likeness (QED) is 0.806. The molecule has 1 fully saturated rings. The van der Waals surface area contributed by atoms with Gasteiger partial charge in [-0.2, -0.15) is 0 Å². The maximum absolute atomic E-state index is 13.9. The highest BCUT2D eigenvalue weighted by atomic mass is 32.1. The second-order valence-corrected chi connectivity index (χ2v) is 5.69. The SMILES string of the molecule is CCNC(=S)N(CCN1CCOCC1)Cc1ccccc1F. The fraction of sp³-hybridized carbons (Fsp3) is 0.562. The zero-order valence-corrected chi connectivity index (χ0v) is 13.9. The van der Waals surface area contributed by atoms with Crippen molar-refractivity contribution in [1.82, 2.24) is 15.1 Å². The summed E-state index contributed by atoms with van der Waals surface area (Å²) in [5.74, 6) is -0.182. The molecule has 6 heteroatoms. The fourth-order valence-corrected chi connectivity index (χ4v) is 2.73. The first-order valence-corrected chi connectivity index (χ1v) is 8.18. The summed E-state index contributed by atoms with van der Waals surface area (Å²) in [7, 11) is 0. The molecule has 1 aliphatic heterocycles. The minimum Gasteiger partial charge on any atom is -0.379 e. The van der Waals surface area contributed by atoms with Gasteiger partial charge in [0.15, 0.2) is 5.11 Å². The number of halogens is 1. The normalized spacial score (nSPS) is 15.5. The minimum absolute atomic E-state index is 0.182. The van der Waals surface area contributed by atoms with E-state index in [2.05, 4.69) is 10.2 Å². The molecule has 122 valence electrons. The van der Waals surface area contributed by atoms with Crippen molar-refractivity contribution in [3.63, 3.8) is 0 Å². The van der Waals surface area contributed by atoms with Gasteiger partial charge in [0, 0.05) is 44.8 Å². The van der Waals surface area contributed by atoms with Gasteiger partial charge in [0.25, 0.3) is 0 Å². The molecule has 0 bridgehead atoms. The maximum atomic E-state index is 13.9. The Bertz CT molecular complexity index is 480. The van der Waals surface area contributed by atoms with Crippen LogP contribution in [-0.4, -0.2) is 60.8 Å². The lowest BCUT2D eigenvalue weighted by Crippen LogP contribution is -2.45. The van der Waals surface area contributed by atoms with Gasteiger partial charge in [-0.25, -0.2) is 4.39 Å². The fourth-order valence-electron chi connectivity index (χ4n) is 2.43. The first kappa shape index (κ1) is 17.1. The Morgan fingerprint density at radius 3 is 2.77 bits per heavy atom. The molecule has 2 rings (SSSR count). The van der Waals surface area contributed by atoms with Crippen LogP contribution in [0.3, 0.4) is 0 Å². The van der Waals surface area contributed by atoms with Gasteiger partial charge in [0.2, 0.25) is 0 Å². The van der Waals surface area contributed by atoms with Crippen LogP contribution < -0.4 is 5.32 Å². The summed E-state index contributed by atoms with van der Waals surface area (Å²) in [5, 5.41) is 3.84. The van der Waals surface area contributed by atoms with Crippen molar-refractivity contribution in [3.8, 4) is 0 Å². The van der Waals surface area contributed by atoms with Crippen molar-refractivity contribution in [2.75, 3.05) is 45.9 Å². The van der Waals surface area contributed by atoms with E-state index in [0.717, 1.165) is 45.9 Å². The lowest BCUT2D eigenvalue weighted by atomic mass is 10.2. The van der Waals surface area contributed by atoms with E-state index in [4.69, 9.17) is 17.0 Å². The molecule has 1 aliphatic rings. The molecule has 1 N–H and O–H groups in total. The van der Waals surface area contributed by atoms with E-state index in [1.54, 1.807) is 6.07 Å². The number of nitrogens with one attached hydrogen (secondary N) is 1. The molecular weight excluding hydrogens is 301 g/mol. The monoisotopic (exact) mass is 325 g/mol. The number of nitrogens with zero attached hydrogens (tertiary/aromatic N) is 2. The molecule has 0 radical (unpaired) electrons. The number of hydrogen-bond donors (Lipinski definition) is 1. The smallest absolute Gasteiger partial charge is 0.169 e. The summed E-state index contributed by atoms with van der Waals surface area (Å²) in [5.41, 5.74) is 0.671. The average molecular weight is 325 g/mol. The third-order valence-electron chi connectivity index (χ3n) is 3.72. The first-order chi connectivity index (χ1) is 10.7. The van der Waals surface area contributed by atoms with Crippen molar-refractivity contribution < 1.29 is 9.13 Å². The van der Waals surface area contributed by atoms with Crippen LogP contribution in [0.1, 0.15) is 12.5 Å². The maximum Gasteiger partial charge on any atom is 0.169 e. The van der Waals surface area contributed by atoms with Gasteiger partial charge in [0.05, 0.1) is 13.2 Å². The Morgan fingerprint density at radius 2 is 2.09 bits per heavy atom. The zero-order chi connectivity index (χ0) is 15.8. The van der Waals surface area contributed by atoms with Crippen LogP contribution in [0.4, 0.5) is 4.39 Å². The number of hydrogen-bond acceptors (Lipinski definition) is 3. The Balaban J connectivity index is 1.96. The van der Waals surface area contributed by atoms with Gasteiger partial charge < -0.3 is 15.0 Å². The van der Waals surface area contributed by atoms with Crippen LogP contribution in [0, 0.1) is 5.82 Å². The molecule has 22 heavy (non-hydrogen) atoms. The van der Waals surface area contributed by atoms with E-state index in [9.17, 15) is 4.39 Å². The van der Waals surface area contributed by atoms with E-state index < -0.39 is 0 Å². The third kappa shape index (κ3) is 5.19. The molecule has 4 nitrogen and oxygen atoms in total. The standard InChI is InChI=1S/C16H24FN3OS/c1-2-18-16(22)20(8-7-19-9-11-21-12-10-19)13-14-5-3-4-6-15(14)17/h3-6H,2,7-13H2,1H3,(H,18,22). The number of benzene rings is 1. The number of rotatable bonds is 6. The molecule has 0 saturated carbocycles. The summed E-state index contributed by atoms with van der Waals surface area (Å²) in [6, 6.07) is 6.87. The van der Waals surface area contributed by atoms with Crippen molar-refractivity contribution >= 4 is 17.3 Å². The molecule has 0 atom stereocenters. The highest BCUT2D eigenvalue weighted by Crippen LogP contribution is 2.10. The van der Waals surface area contributed by atoms with Crippen molar-refractivity contribution in [2.45, 2.75) is 13.5 Å². The molecule has 0 aromatic heterocycles. The molecule has 1 heterocycles. The molecule has 0 amide bonds. The molecule has 0 unspecified atom stereocenters. The largest absolute Gasteiger partial charge is 0.379 e. The van der Waals surface area contributed by atoms with E-state index in [1.165, 1.54) is 6.07 Å². The average Bonchev–Trinajstić information content (AvgIpc) is 2.54. The second kappa shape index (κ2) is 9.02. The molecule has 1 aromatic rings. The number of thiocarbonyl (C=S) groups is 1. The Hall–Kier alpha value is -1.24. The summed E-state index contributed by atoms with van der Waals surface area (Å²) in [6.07, 6.45) is 0. The lowest BCUT2D eigenvalue weighted by Gasteiger charge is -2.31. The predicted octanol–water partition coefficient (Wildman–Crippen LogP) is 1.85. The van der Waals surface area contributed by atoms with Crippen molar-refractivity contribution in [3.05, 3.63) is 35.6 Å². The summed E-state index contributed by atoms with van der Waals surface area (Å²) in [4.78, 5) is 4.39. The van der Waals surface area contributed by atoms with Gasteiger partial charge in [-0.05, 0) is 25.2 Å². The lowest BCUT2D eigenvalue weighted by molar-refractivity contribution is 0.0357. The molecule has 0 spiro atoms. The van der Waals surface area contributed by atoms with Crippen molar-refractivity contribution in [2.24, 2.45) is 0 Å². The summed E-state index contributed by atoms with van der Waals surface area (Å²) in [6.45, 7) is 8.41. The van der Waals surface area contributed by atoms with Gasteiger partial charge in [-0.1, -0.05) is 18.2 Å². The highest BCUT2D eigenvalue weighted by molar-refractivity contribution is 7.80. The third-order valence-corrected chi connectivity index (χ3v) is 4.13. The first-order valence-electron chi connectivity index (χ1n) is 7.77. The Morgan fingerprint density at radius 1 is 1.36 bits per heavy atom. The van der Waals surface area contributed by atoms with Gasteiger partial charge >= 0.3 is 0 Å². The van der Waals surface area contributed by atoms with Gasteiger partial charge in [-0.15, -0.1) is 0 Å². The molecule has 1 saturated heterocycles. The summed E-state index contributed by atoms with van der Waals surface area (Å²) < 4.78 is 19.2. The van der Waals surface area contributed by atoms with Crippen LogP contribution in [0.5, 0.6) is 0 Å². The van der Waals surface area contributed by atoms with Gasteiger partial charge in [-0.3, -0.25) is 4.90 Å². The van der Waals surface area contributed by atoms with Gasteiger partial charge in [0.1, 0.15) is 5.82 Å². The van der Waals surface area contributed by atoms with E-state index in [1.807, 2.05) is 24.0 Å². The molecular formula is C16H24FN3OS. The Kier molecular flexibility index (Phi) is 7.02. The van der Waals surface area contributed by atoms with Crippen LogP contribution in [0.2, 0.25) is 0 Å². The van der Waals surface area contributed by atoms with E-state index in [-0.39, 0.29) is 5.82 Å². The minimum atomic E-state index is -0.182. The van der Waals surface area contributed by atoms with Crippen molar-refractivity contribution in [1.29, 1.82) is 0 Å². The van der Waals surface area contributed by atoms with Crippen LogP contribution in [0.15, 0.2) is 24.3 Å². The molecule has 1 aromatic carbocycles. The zero-order valence-electron chi connectivity index (χ0n) is 13.1. The predicted molar refractivity (Wildman–Crippen MR) is 90.3 cm³/mol. The number of ether oxygens (including phenoxy) is 1. The Labute approximate surface area is 137 Å². The van der Waals surface area contributed by atoms with Crippen LogP contribution in [-0.2, 0) is 11.3 Å². The highest BCUT2D eigenvalue weighted by Gasteiger charge is 2.15. The van der Waals surface area contributed by atoms with E-state index in [0.29, 0.717) is 17.2 Å². The molecule has 0 aliphatic carbocycles. The topological polar surface area (TPSA) is 27.7 Å². The van der Waals surface area contributed by atoms with Crippen LogP contribution in [0.25, 0.3) is 0 Å². The van der Waals surface area contributed by atoms with E-state index >= 15 is 0 Å². The number of morpholine rings is 1.